The Morgan fingerprint density at radius 1 is 1.16 bits per heavy atom. The van der Waals surface area contributed by atoms with Gasteiger partial charge in [-0.25, -0.2) is 4.79 Å². The van der Waals surface area contributed by atoms with Crippen molar-refractivity contribution >= 4 is 23.6 Å². The van der Waals surface area contributed by atoms with Gasteiger partial charge < -0.3 is 19.1 Å². The van der Waals surface area contributed by atoms with E-state index in [9.17, 15) is 9.59 Å². The van der Waals surface area contributed by atoms with E-state index in [0.717, 1.165) is 24.9 Å². The number of aromatic nitrogens is 2. The maximum atomic E-state index is 13.1. The number of benzene rings is 1. The number of ether oxygens (including phenoxy) is 1. The highest BCUT2D eigenvalue weighted by molar-refractivity contribution is 6.33. The summed E-state index contributed by atoms with van der Waals surface area (Å²) in [6, 6.07) is 7.38. The van der Waals surface area contributed by atoms with Crippen LogP contribution in [0, 0.1) is 5.92 Å². The SMILES string of the molecule is CCOC(=O)N1CCN(C(=O)C2CCCN(Cc3nc(-c4ccccc4Cl)no3)C2)CC1. The zero-order valence-corrected chi connectivity index (χ0v) is 19.0. The Kier molecular flexibility index (Phi) is 7.26. The molecule has 2 aromatic rings. The van der Waals surface area contributed by atoms with Crippen LogP contribution in [0.2, 0.25) is 5.02 Å². The van der Waals surface area contributed by atoms with Gasteiger partial charge in [0.05, 0.1) is 24.1 Å². The molecule has 2 aliphatic rings. The van der Waals surface area contributed by atoms with Crippen LogP contribution in [0.25, 0.3) is 11.4 Å². The molecule has 0 N–H and O–H groups in total. The molecular weight excluding hydrogens is 434 g/mol. The van der Waals surface area contributed by atoms with Gasteiger partial charge in [-0.05, 0) is 38.4 Å². The van der Waals surface area contributed by atoms with E-state index in [1.807, 2.05) is 23.1 Å². The molecule has 4 rings (SSSR count). The number of rotatable bonds is 5. The number of halogens is 1. The van der Waals surface area contributed by atoms with Gasteiger partial charge in [0.15, 0.2) is 0 Å². The van der Waals surface area contributed by atoms with Crippen LogP contribution in [0.3, 0.4) is 0 Å². The first kappa shape index (κ1) is 22.5. The van der Waals surface area contributed by atoms with Gasteiger partial charge in [-0.2, -0.15) is 4.98 Å². The first-order chi connectivity index (χ1) is 15.5. The summed E-state index contributed by atoms with van der Waals surface area (Å²) in [6.45, 7) is 6.27. The summed E-state index contributed by atoms with van der Waals surface area (Å²) in [5, 5.41) is 4.64. The first-order valence-corrected chi connectivity index (χ1v) is 11.4. The molecule has 10 heteroatoms. The summed E-state index contributed by atoms with van der Waals surface area (Å²) in [5.41, 5.74) is 0.734. The van der Waals surface area contributed by atoms with Gasteiger partial charge in [0.1, 0.15) is 0 Å². The topological polar surface area (TPSA) is 92.0 Å². The minimum absolute atomic E-state index is 0.0659. The molecule has 0 spiro atoms. The number of carbonyl (C=O) groups excluding carboxylic acids is 2. The highest BCUT2D eigenvalue weighted by atomic mass is 35.5. The van der Waals surface area contributed by atoms with Gasteiger partial charge in [0.25, 0.3) is 0 Å². The van der Waals surface area contributed by atoms with Gasteiger partial charge in [0.2, 0.25) is 17.6 Å². The normalized spacial score (nSPS) is 19.8. The van der Waals surface area contributed by atoms with Crippen LogP contribution in [-0.4, -0.2) is 82.7 Å². The second-order valence-corrected chi connectivity index (χ2v) is 8.48. The van der Waals surface area contributed by atoms with Crippen LogP contribution in [0.15, 0.2) is 28.8 Å². The number of piperidine rings is 1. The smallest absolute Gasteiger partial charge is 0.409 e. The summed E-state index contributed by atoms with van der Waals surface area (Å²) in [6.07, 6.45) is 1.49. The van der Waals surface area contributed by atoms with Crippen LogP contribution in [0.5, 0.6) is 0 Å². The summed E-state index contributed by atoms with van der Waals surface area (Å²) in [7, 11) is 0. The van der Waals surface area contributed by atoms with Crippen LogP contribution in [0.1, 0.15) is 25.7 Å². The summed E-state index contributed by atoms with van der Waals surface area (Å²) in [5.74, 6) is 1.06. The first-order valence-electron chi connectivity index (χ1n) is 11.1. The molecule has 1 atom stereocenters. The van der Waals surface area contributed by atoms with Crippen molar-refractivity contribution in [2.45, 2.75) is 26.3 Å². The number of nitrogens with zero attached hydrogens (tertiary/aromatic N) is 5. The lowest BCUT2D eigenvalue weighted by Gasteiger charge is -2.38. The number of hydrogen-bond donors (Lipinski definition) is 0. The average Bonchev–Trinajstić information content (AvgIpc) is 3.27. The maximum absolute atomic E-state index is 13.1. The van der Waals surface area contributed by atoms with Gasteiger partial charge in [0, 0.05) is 38.3 Å². The molecule has 0 radical (unpaired) electrons. The molecule has 3 heterocycles. The van der Waals surface area contributed by atoms with Crippen molar-refractivity contribution in [2.24, 2.45) is 5.92 Å². The molecule has 172 valence electrons. The molecule has 0 aliphatic carbocycles. The van der Waals surface area contributed by atoms with E-state index >= 15 is 0 Å². The minimum Gasteiger partial charge on any atom is -0.450 e. The van der Waals surface area contributed by atoms with Gasteiger partial charge >= 0.3 is 6.09 Å². The summed E-state index contributed by atoms with van der Waals surface area (Å²) in [4.78, 5) is 35.1. The van der Waals surface area contributed by atoms with Crippen LogP contribution < -0.4 is 0 Å². The lowest BCUT2D eigenvalue weighted by Crippen LogP contribution is -2.53. The Balaban J connectivity index is 1.31. The zero-order valence-electron chi connectivity index (χ0n) is 18.2. The van der Waals surface area contributed by atoms with E-state index in [-0.39, 0.29) is 17.9 Å². The zero-order chi connectivity index (χ0) is 22.5. The molecule has 2 amide bonds. The quantitative estimate of drug-likeness (QED) is 0.675. The second kappa shape index (κ2) is 10.3. The van der Waals surface area contributed by atoms with Gasteiger partial charge in [-0.3, -0.25) is 9.69 Å². The molecule has 2 aliphatic heterocycles. The van der Waals surface area contributed by atoms with E-state index in [2.05, 4.69) is 15.0 Å². The Bertz CT molecular complexity index is 944. The van der Waals surface area contributed by atoms with Crippen molar-refractivity contribution in [2.75, 3.05) is 45.9 Å². The van der Waals surface area contributed by atoms with E-state index in [4.69, 9.17) is 20.9 Å². The molecule has 0 saturated carbocycles. The third kappa shape index (κ3) is 5.21. The van der Waals surface area contributed by atoms with E-state index < -0.39 is 0 Å². The number of amides is 2. The fourth-order valence-electron chi connectivity index (χ4n) is 4.25. The molecule has 1 unspecified atom stereocenters. The van der Waals surface area contributed by atoms with Crippen LogP contribution >= 0.6 is 11.6 Å². The average molecular weight is 462 g/mol. The fourth-order valence-corrected chi connectivity index (χ4v) is 4.47. The summed E-state index contributed by atoms with van der Waals surface area (Å²) >= 11 is 6.23. The molecule has 2 saturated heterocycles. The van der Waals surface area contributed by atoms with Crippen molar-refractivity contribution in [3.05, 3.63) is 35.2 Å². The third-order valence-electron chi connectivity index (χ3n) is 5.91. The molecule has 32 heavy (non-hydrogen) atoms. The van der Waals surface area contributed by atoms with Crippen molar-refractivity contribution in [1.29, 1.82) is 0 Å². The predicted octanol–water partition coefficient (Wildman–Crippen LogP) is 2.90. The van der Waals surface area contributed by atoms with Crippen molar-refractivity contribution in [3.8, 4) is 11.4 Å². The highest BCUT2D eigenvalue weighted by Gasteiger charge is 2.32. The Hall–Kier alpha value is -2.65. The standard InChI is InChI=1S/C22H28ClN5O4/c1-2-31-22(30)28-12-10-27(11-13-28)21(29)16-6-5-9-26(14-16)15-19-24-20(25-32-19)17-7-3-4-8-18(17)23/h3-4,7-8,16H,2,5-6,9-15H2,1H3. The number of piperazine rings is 1. The fraction of sp³-hybridized carbons (Fsp3) is 0.545. The van der Waals surface area contributed by atoms with Crippen molar-refractivity contribution < 1.29 is 18.8 Å². The number of hydrogen-bond acceptors (Lipinski definition) is 7. The molecular formula is C22H28ClN5O4. The second-order valence-electron chi connectivity index (χ2n) is 8.08. The van der Waals surface area contributed by atoms with Crippen LogP contribution in [0.4, 0.5) is 4.79 Å². The minimum atomic E-state index is -0.306. The van der Waals surface area contributed by atoms with E-state index in [1.165, 1.54) is 0 Å². The maximum Gasteiger partial charge on any atom is 0.409 e. The third-order valence-corrected chi connectivity index (χ3v) is 6.24. The van der Waals surface area contributed by atoms with Crippen LogP contribution in [-0.2, 0) is 16.1 Å². The van der Waals surface area contributed by atoms with Gasteiger partial charge in [-0.15, -0.1) is 0 Å². The summed E-state index contributed by atoms with van der Waals surface area (Å²) < 4.78 is 10.5. The van der Waals surface area contributed by atoms with E-state index in [1.54, 1.807) is 17.9 Å². The van der Waals surface area contributed by atoms with Gasteiger partial charge in [-0.1, -0.05) is 28.9 Å². The Morgan fingerprint density at radius 2 is 1.91 bits per heavy atom. The van der Waals surface area contributed by atoms with E-state index in [0.29, 0.717) is 62.6 Å². The van der Waals surface area contributed by atoms with Crippen molar-refractivity contribution in [1.82, 2.24) is 24.8 Å². The monoisotopic (exact) mass is 461 g/mol. The molecule has 2 fully saturated rings. The Morgan fingerprint density at radius 3 is 2.66 bits per heavy atom. The molecule has 0 bridgehead atoms. The number of likely N-dealkylation sites (tertiary alicyclic amines) is 1. The molecule has 1 aromatic carbocycles. The molecule has 9 nitrogen and oxygen atoms in total. The lowest BCUT2D eigenvalue weighted by molar-refractivity contribution is -0.139. The lowest BCUT2D eigenvalue weighted by atomic mass is 9.96. The Labute approximate surface area is 192 Å². The number of carbonyl (C=O) groups is 2. The predicted molar refractivity (Wildman–Crippen MR) is 118 cm³/mol. The largest absolute Gasteiger partial charge is 0.450 e. The van der Waals surface area contributed by atoms with Crippen molar-refractivity contribution in [3.63, 3.8) is 0 Å². The highest BCUT2D eigenvalue weighted by Crippen LogP contribution is 2.26. The molecule has 1 aromatic heterocycles.